The third-order valence-corrected chi connectivity index (χ3v) is 6.17. The molecule has 3 aliphatic carbocycles. The van der Waals surface area contributed by atoms with E-state index in [1.54, 1.807) is 0 Å². The molecule has 0 spiro atoms. The van der Waals surface area contributed by atoms with Gasteiger partial charge in [0.15, 0.2) is 0 Å². The van der Waals surface area contributed by atoms with Gasteiger partial charge in [0, 0.05) is 0 Å². The van der Waals surface area contributed by atoms with Crippen molar-refractivity contribution in [1.29, 1.82) is 0 Å². The number of aliphatic hydroxyl groups is 1. The van der Waals surface area contributed by atoms with Gasteiger partial charge in [0.05, 0.1) is 6.10 Å². The van der Waals surface area contributed by atoms with E-state index in [1.807, 2.05) is 0 Å². The lowest BCUT2D eigenvalue weighted by molar-refractivity contribution is -0.0785. The summed E-state index contributed by atoms with van der Waals surface area (Å²) in [5.74, 6) is 2.62. The van der Waals surface area contributed by atoms with Gasteiger partial charge in [-0.2, -0.15) is 0 Å². The molecule has 0 saturated heterocycles. The molecule has 0 radical (unpaired) electrons. The van der Waals surface area contributed by atoms with Gasteiger partial charge in [0.25, 0.3) is 0 Å². The fourth-order valence-electron chi connectivity index (χ4n) is 5.13. The second-order valence-electron chi connectivity index (χ2n) is 7.07. The van der Waals surface area contributed by atoms with Crippen LogP contribution in [0.5, 0.6) is 0 Å². The second-order valence-corrected chi connectivity index (χ2v) is 7.07. The average Bonchev–Trinajstić information content (AvgIpc) is 2.30. The molecule has 5 atom stereocenters. The van der Waals surface area contributed by atoms with Gasteiger partial charge in [-0.05, 0) is 74.5 Å². The van der Waals surface area contributed by atoms with Gasteiger partial charge in [-0.25, -0.2) is 0 Å². The zero-order valence-corrected chi connectivity index (χ0v) is 11.1. The standard InChI is InChI=1S/C16H26O/c1-11-3-6-15-12(9-11)4-5-13-10-14(17)7-8-16(13,15)2/h12-15,17H,1,3-10H2,2H3. The van der Waals surface area contributed by atoms with Gasteiger partial charge in [-0.3, -0.25) is 0 Å². The molecule has 0 heterocycles. The van der Waals surface area contributed by atoms with E-state index in [0.717, 1.165) is 30.6 Å². The predicted molar refractivity (Wildman–Crippen MR) is 70.7 cm³/mol. The number of fused-ring (bicyclic) bond motifs is 3. The first-order valence-electron chi connectivity index (χ1n) is 7.44. The molecule has 3 rings (SSSR count). The van der Waals surface area contributed by atoms with E-state index in [4.69, 9.17) is 0 Å². The van der Waals surface area contributed by atoms with Crippen molar-refractivity contribution in [2.45, 2.75) is 64.4 Å². The molecule has 17 heavy (non-hydrogen) atoms. The van der Waals surface area contributed by atoms with Crippen LogP contribution in [0.1, 0.15) is 58.3 Å². The number of hydrogen-bond acceptors (Lipinski definition) is 1. The Labute approximate surface area is 105 Å². The van der Waals surface area contributed by atoms with Crippen molar-refractivity contribution >= 4 is 0 Å². The van der Waals surface area contributed by atoms with Crippen LogP contribution in [-0.4, -0.2) is 11.2 Å². The van der Waals surface area contributed by atoms with Crippen LogP contribution in [0.15, 0.2) is 12.2 Å². The highest BCUT2D eigenvalue weighted by atomic mass is 16.3. The van der Waals surface area contributed by atoms with E-state index in [0.29, 0.717) is 5.41 Å². The number of aliphatic hydroxyl groups excluding tert-OH is 1. The van der Waals surface area contributed by atoms with Crippen LogP contribution >= 0.6 is 0 Å². The van der Waals surface area contributed by atoms with Crippen LogP contribution in [0.3, 0.4) is 0 Å². The fourth-order valence-corrected chi connectivity index (χ4v) is 5.13. The number of hydrogen-bond donors (Lipinski definition) is 1. The summed E-state index contributed by atoms with van der Waals surface area (Å²) >= 11 is 0. The van der Waals surface area contributed by atoms with E-state index in [2.05, 4.69) is 13.5 Å². The summed E-state index contributed by atoms with van der Waals surface area (Å²) in [6.07, 6.45) is 10.0. The molecular formula is C16H26O. The summed E-state index contributed by atoms with van der Waals surface area (Å²) in [4.78, 5) is 0. The topological polar surface area (TPSA) is 20.2 Å². The molecule has 3 fully saturated rings. The maximum absolute atomic E-state index is 9.89. The highest BCUT2D eigenvalue weighted by Gasteiger charge is 2.50. The van der Waals surface area contributed by atoms with Crippen molar-refractivity contribution in [3.8, 4) is 0 Å². The molecule has 96 valence electrons. The first kappa shape index (κ1) is 11.8. The van der Waals surface area contributed by atoms with E-state index < -0.39 is 0 Å². The molecule has 0 aromatic heterocycles. The van der Waals surface area contributed by atoms with Crippen LogP contribution in [-0.2, 0) is 0 Å². The Morgan fingerprint density at radius 3 is 2.88 bits per heavy atom. The van der Waals surface area contributed by atoms with Crippen LogP contribution in [0.4, 0.5) is 0 Å². The zero-order chi connectivity index (χ0) is 12.0. The minimum atomic E-state index is -0.0109. The predicted octanol–water partition coefficient (Wildman–Crippen LogP) is 3.92. The van der Waals surface area contributed by atoms with Gasteiger partial charge in [-0.1, -0.05) is 19.1 Å². The van der Waals surface area contributed by atoms with Crippen LogP contribution < -0.4 is 0 Å². The summed E-state index contributed by atoms with van der Waals surface area (Å²) in [6.45, 7) is 6.73. The lowest BCUT2D eigenvalue weighted by atomic mass is 9.49. The fraction of sp³-hybridized carbons (Fsp3) is 0.875. The molecule has 0 bridgehead atoms. The molecule has 5 unspecified atom stereocenters. The van der Waals surface area contributed by atoms with E-state index in [9.17, 15) is 5.11 Å². The minimum absolute atomic E-state index is 0.0109. The third kappa shape index (κ3) is 1.87. The summed E-state index contributed by atoms with van der Waals surface area (Å²) < 4.78 is 0. The third-order valence-electron chi connectivity index (χ3n) is 6.17. The van der Waals surface area contributed by atoms with Gasteiger partial charge < -0.3 is 5.11 Å². The van der Waals surface area contributed by atoms with Crippen molar-refractivity contribution in [2.24, 2.45) is 23.2 Å². The maximum Gasteiger partial charge on any atom is 0.0543 e. The Balaban J connectivity index is 1.82. The molecule has 3 saturated carbocycles. The Morgan fingerprint density at radius 2 is 2.06 bits per heavy atom. The Bertz CT molecular complexity index is 321. The van der Waals surface area contributed by atoms with Gasteiger partial charge in [-0.15, -0.1) is 0 Å². The summed E-state index contributed by atoms with van der Waals surface area (Å²) in [5.41, 5.74) is 2.02. The highest BCUT2D eigenvalue weighted by Crippen LogP contribution is 2.59. The molecular weight excluding hydrogens is 208 g/mol. The summed E-state index contributed by atoms with van der Waals surface area (Å²) in [7, 11) is 0. The Kier molecular flexibility index (Phi) is 2.85. The van der Waals surface area contributed by atoms with Gasteiger partial charge in [0.1, 0.15) is 0 Å². The van der Waals surface area contributed by atoms with Crippen molar-refractivity contribution in [2.75, 3.05) is 0 Å². The molecule has 1 nitrogen and oxygen atoms in total. The normalized spacial score (nSPS) is 50.6. The van der Waals surface area contributed by atoms with Crippen molar-refractivity contribution in [1.82, 2.24) is 0 Å². The molecule has 0 aromatic rings. The molecule has 1 heteroatoms. The number of allylic oxidation sites excluding steroid dienone is 1. The van der Waals surface area contributed by atoms with Crippen LogP contribution in [0.25, 0.3) is 0 Å². The lowest BCUT2D eigenvalue weighted by Gasteiger charge is -2.56. The SMILES string of the molecule is C=C1CCC2C(CCC3CC(O)CCC32C)C1. The molecule has 1 N–H and O–H groups in total. The van der Waals surface area contributed by atoms with Crippen molar-refractivity contribution in [3.05, 3.63) is 12.2 Å². The quantitative estimate of drug-likeness (QED) is 0.630. The first-order chi connectivity index (χ1) is 8.09. The Hall–Kier alpha value is -0.300. The van der Waals surface area contributed by atoms with Crippen molar-refractivity contribution < 1.29 is 5.11 Å². The number of rotatable bonds is 0. The zero-order valence-electron chi connectivity index (χ0n) is 11.1. The maximum atomic E-state index is 9.89. The van der Waals surface area contributed by atoms with E-state index in [1.165, 1.54) is 44.1 Å². The van der Waals surface area contributed by atoms with Crippen molar-refractivity contribution in [3.63, 3.8) is 0 Å². The minimum Gasteiger partial charge on any atom is -0.393 e. The van der Waals surface area contributed by atoms with Gasteiger partial charge >= 0.3 is 0 Å². The van der Waals surface area contributed by atoms with Crippen LogP contribution in [0.2, 0.25) is 0 Å². The van der Waals surface area contributed by atoms with Gasteiger partial charge in [0.2, 0.25) is 0 Å². The summed E-state index contributed by atoms with van der Waals surface area (Å²) in [5, 5.41) is 9.89. The average molecular weight is 234 g/mol. The smallest absolute Gasteiger partial charge is 0.0543 e. The van der Waals surface area contributed by atoms with Crippen LogP contribution in [0, 0.1) is 23.2 Å². The Morgan fingerprint density at radius 1 is 1.24 bits per heavy atom. The largest absolute Gasteiger partial charge is 0.393 e. The first-order valence-corrected chi connectivity index (χ1v) is 7.44. The van der Waals surface area contributed by atoms with E-state index in [-0.39, 0.29) is 6.10 Å². The second kappa shape index (κ2) is 4.12. The molecule has 0 aromatic carbocycles. The highest BCUT2D eigenvalue weighted by molar-refractivity contribution is 5.08. The summed E-state index contributed by atoms with van der Waals surface area (Å²) in [6, 6.07) is 0. The molecule has 0 amide bonds. The molecule has 0 aliphatic heterocycles. The van der Waals surface area contributed by atoms with E-state index >= 15 is 0 Å². The lowest BCUT2D eigenvalue weighted by Crippen LogP contribution is -2.48. The monoisotopic (exact) mass is 234 g/mol. The molecule has 3 aliphatic rings.